The van der Waals surface area contributed by atoms with Crippen LogP contribution >= 0.6 is 0 Å². The van der Waals surface area contributed by atoms with Gasteiger partial charge in [0.2, 0.25) is 5.88 Å². The van der Waals surface area contributed by atoms with Gasteiger partial charge >= 0.3 is 0 Å². The van der Waals surface area contributed by atoms with Gasteiger partial charge in [-0.1, -0.05) is 0 Å². The molecule has 4 heteroatoms. The van der Waals surface area contributed by atoms with Gasteiger partial charge in [-0.2, -0.15) is 5.26 Å². The molecule has 2 aromatic rings. The number of fused-ring (bicyclic) bond motifs is 1. The van der Waals surface area contributed by atoms with Crippen molar-refractivity contribution in [2.45, 2.75) is 6.42 Å². The zero-order chi connectivity index (χ0) is 9.97. The predicted molar refractivity (Wildman–Crippen MR) is 49.9 cm³/mol. The van der Waals surface area contributed by atoms with Gasteiger partial charge in [-0.25, -0.2) is 4.98 Å². The highest BCUT2D eigenvalue weighted by atomic mass is 16.5. The second-order valence-electron chi connectivity index (χ2n) is 2.80. The molecular weight excluding hydrogens is 180 g/mol. The van der Waals surface area contributed by atoms with Crippen LogP contribution in [-0.4, -0.2) is 12.1 Å². The van der Waals surface area contributed by atoms with Crippen LogP contribution in [0.3, 0.4) is 0 Å². The maximum absolute atomic E-state index is 8.57. The van der Waals surface area contributed by atoms with Crippen molar-refractivity contribution in [3.8, 4) is 11.9 Å². The van der Waals surface area contributed by atoms with Crippen LogP contribution < -0.4 is 4.74 Å². The lowest BCUT2D eigenvalue weighted by Gasteiger charge is -1.97. The highest BCUT2D eigenvalue weighted by Crippen LogP contribution is 2.22. The van der Waals surface area contributed by atoms with Crippen molar-refractivity contribution in [2.24, 2.45) is 0 Å². The lowest BCUT2D eigenvalue weighted by molar-refractivity contribution is 0.399. The molecular formula is C10H8N2O2. The highest BCUT2D eigenvalue weighted by Gasteiger charge is 2.07. The molecule has 14 heavy (non-hydrogen) atoms. The Bertz CT molecular complexity index is 496. The molecule has 70 valence electrons. The van der Waals surface area contributed by atoms with Crippen LogP contribution in [0.15, 0.2) is 22.8 Å². The molecule has 0 saturated heterocycles. The van der Waals surface area contributed by atoms with Crippen molar-refractivity contribution < 1.29 is 9.15 Å². The Kier molecular flexibility index (Phi) is 2.07. The van der Waals surface area contributed by atoms with Gasteiger partial charge in [-0.05, 0) is 6.07 Å². The van der Waals surface area contributed by atoms with E-state index in [0.717, 1.165) is 5.56 Å². The minimum Gasteiger partial charge on any atom is -0.481 e. The Hall–Kier alpha value is -2.02. The summed E-state index contributed by atoms with van der Waals surface area (Å²) >= 11 is 0. The summed E-state index contributed by atoms with van der Waals surface area (Å²) in [6.45, 7) is 0. The molecule has 0 aliphatic carbocycles. The summed E-state index contributed by atoms with van der Waals surface area (Å²) in [6, 6.07) is 5.56. The maximum Gasteiger partial charge on any atom is 0.213 e. The van der Waals surface area contributed by atoms with Crippen LogP contribution in [0.5, 0.6) is 5.88 Å². The van der Waals surface area contributed by atoms with Crippen LogP contribution in [0, 0.1) is 11.3 Å². The summed E-state index contributed by atoms with van der Waals surface area (Å²) in [7, 11) is 1.55. The highest BCUT2D eigenvalue weighted by molar-refractivity contribution is 5.77. The number of aromatic nitrogens is 1. The second-order valence-corrected chi connectivity index (χ2v) is 2.80. The molecule has 2 heterocycles. The molecule has 2 aromatic heterocycles. The van der Waals surface area contributed by atoms with Crippen molar-refractivity contribution in [3.63, 3.8) is 0 Å². The Morgan fingerprint density at radius 1 is 1.57 bits per heavy atom. The molecule has 0 aromatic carbocycles. The van der Waals surface area contributed by atoms with E-state index in [2.05, 4.69) is 11.1 Å². The number of pyridine rings is 1. The third-order valence-corrected chi connectivity index (χ3v) is 1.94. The first-order chi connectivity index (χ1) is 6.85. The number of hydrogen-bond acceptors (Lipinski definition) is 4. The zero-order valence-corrected chi connectivity index (χ0v) is 7.65. The minimum absolute atomic E-state index is 0.299. The standard InChI is InChI=1S/C10H8N2O2/c1-13-9-3-2-8-10(12-9)7(4-5-11)6-14-8/h2-3,6H,4H2,1H3. The van der Waals surface area contributed by atoms with Crippen molar-refractivity contribution in [1.82, 2.24) is 4.98 Å². The third kappa shape index (κ3) is 1.29. The molecule has 4 nitrogen and oxygen atoms in total. The lowest BCUT2D eigenvalue weighted by Crippen LogP contribution is -1.88. The van der Waals surface area contributed by atoms with Crippen LogP contribution in [0.4, 0.5) is 0 Å². The summed E-state index contributed by atoms with van der Waals surface area (Å²) in [5.74, 6) is 0.526. The number of ether oxygens (including phenoxy) is 1. The van der Waals surface area contributed by atoms with E-state index in [9.17, 15) is 0 Å². The van der Waals surface area contributed by atoms with Crippen molar-refractivity contribution in [2.75, 3.05) is 7.11 Å². The molecule has 0 N–H and O–H groups in total. The molecule has 0 bridgehead atoms. The number of furan rings is 1. The Morgan fingerprint density at radius 2 is 2.43 bits per heavy atom. The molecule has 0 fully saturated rings. The summed E-state index contributed by atoms with van der Waals surface area (Å²) in [5.41, 5.74) is 2.17. The van der Waals surface area contributed by atoms with E-state index in [1.54, 1.807) is 25.5 Å². The molecule has 0 atom stereocenters. The van der Waals surface area contributed by atoms with Gasteiger partial charge in [-0.3, -0.25) is 0 Å². The summed E-state index contributed by atoms with van der Waals surface area (Å²) in [5, 5.41) is 8.57. The average Bonchev–Trinajstić information content (AvgIpc) is 2.61. The van der Waals surface area contributed by atoms with Crippen molar-refractivity contribution >= 4 is 11.1 Å². The molecule has 0 aliphatic rings. The first-order valence-electron chi connectivity index (χ1n) is 4.13. The van der Waals surface area contributed by atoms with E-state index in [1.807, 2.05) is 0 Å². The lowest BCUT2D eigenvalue weighted by atomic mass is 10.2. The van der Waals surface area contributed by atoms with Crippen molar-refractivity contribution in [1.29, 1.82) is 5.26 Å². The molecule has 0 aliphatic heterocycles. The third-order valence-electron chi connectivity index (χ3n) is 1.94. The fraction of sp³-hybridized carbons (Fsp3) is 0.200. The predicted octanol–water partition coefficient (Wildman–Crippen LogP) is 1.90. The quantitative estimate of drug-likeness (QED) is 0.722. The fourth-order valence-corrected chi connectivity index (χ4v) is 1.27. The van der Waals surface area contributed by atoms with Gasteiger partial charge in [-0.15, -0.1) is 0 Å². The van der Waals surface area contributed by atoms with E-state index in [-0.39, 0.29) is 0 Å². The number of nitrogens with zero attached hydrogens (tertiary/aromatic N) is 2. The normalized spacial score (nSPS) is 10.0. The van der Waals surface area contributed by atoms with Crippen LogP contribution in [0.25, 0.3) is 11.1 Å². The zero-order valence-electron chi connectivity index (χ0n) is 7.65. The Labute approximate surface area is 80.7 Å². The van der Waals surface area contributed by atoms with Crippen LogP contribution in [-0.2, 0) is 6.42 Å². The van der Waals surface area contributed by atoms with Gasteiger partial charge in [0, 0.05) is 11.6 Å². The molecule has 0 radical (unpaired) electrons. The SMILES string of the molecule is COc1ccc2occ(CC#N)c2n1. The Balaban J connectivity index is 2.59. The first-order valence-corrected chi connectivity index (χ1v) is 4.13. The molecule has 0 unspecified atom stereocenters. The van der Waals surface area contributed by atoms with E-state index >= 15 is 0 Å². The van der Waals surface area contributed by atoms with Gasteiger partial charge in [0.15, 0.2) is 5.58 Å². The number of nitriles is 1. The van der Waals surface area contributed by atoms with Gasteiger partial charge in [0.05, 0.1) is 25.9 Å². The minimum atomic E-state index is 0.299. The van der Waals surface area contributed by atoms with E-state index in [1.165, 1.54) is 0 Å². The Morgan fingerprint density at radius 3 is 3.14 bits per heavy atom. The van der Waals surface area contributed by atoms with E-state index in [0.29, 0.717) is 23.4 Å². The van der Waals surface area contributed by atoms with Crippen LogP contribution in [0.2, 0.25) is 0 Å². The van der Waals surface area contributed by atoms with Crippen LogP contribution in [0.1, 0.15) is 5.56 Å². The first kappa shape index (κ1) is 8.57. The molecule has 0 saturated carbocycles. The monoisotopic (exact) mass is 188 g/mol. The number of rotatable bonds is 2. The van der Waals surface area contributed by atoms with E-state index < -0.39 is 0 Å². The number of hydrogen-bond donors (Lipinski definition) is 0. The summed E-state index contributed by atoms with van der Waals surface area (Å²) in [6.07, 6.45) is 1.85. The molecule has 0 amide bonds. The summed E-state index contributed by atoms with van der Waals surface area (Å²) < 4.78 is 10.2. The number of methoxy groups -OCH3 is 1. The van der Waals surface area contributed by atoms with Gasteiger partial charge in [0.25, 0.3) is 0 Å². The second kappa shape index (κ2) is 3.38. The fourth-order valence-electron chi connectivity index (χ4n) is 1.27. The topological polar surface area (TPSA) is 59.0 Å². The molecule has 0 spiro atoms. The van der Waals surface area contributed by atoms with Gasteiger partial charge < -0.3 is 9.15 Å². The average molecular weight is 188 g/mol. The van der Waals surface area contributed by atoms with Crippen molar-refractivity contribution in [3.05, 3.63) is 24.0 Å². The maximum atomic E-state index is 8.57. The molecule has 2 rings (SSSR count). The largest absolute Gasteiger partial charge is 0.481 e. The smallest absolute Gasteiger partial charge is 0.213 e. The van der Waals surface area contributed by atoms with E-state index in [4.69, 9.17) is 14.4 Å². The van der Waals surface area contributed by atoms with Gasteiger partial charge in [0.1, 0.15) is 5.52 Å². The summed E-state index contributed by atoms with van der Waals surface area (Å²) in [4.78, 5) is 4.21.